The second kappa shape index (κ2) is 16.4. The Morgan fingerprint density at radius 2 is 1.05 bits per heavy atom. The third-order valence-corrected chi connectivity index (χ3v) is 11.0. The molecule has 0 fully saturated rings. The monoisotopic (exact) mass is 746 g/mol. The summed E-state index contributed by atoms with van der Waals surface area (Å²) < 4.78 is 0. The highest BCUT2D eigenvalue weighted by Gasteiger charge is 2.18. The van der Waals surface area contributed by atoms with E-state index in [1.807, 2.05) is 19.1 Å². The molecule has 0 amide bonds. The number of aliphatic imine (C=N–C) groups is 1. The molecule has 0 N–H and O–H groups in total. The summed E-state index contributed by atoms with van der Waals surface area (Å²) >= 11 is 0. The Labute approximate surface area is 342 Å². The largest absolute Gasteiger partial charge is 0.335 e. The lowest BCUT2D eigenvalue weighted by Crippen LogP contribution is -2.21. The fourth-order valence-electron chi connectivity index (χ4n) is 8.25. The molecule has 2 nitrogen and oxygen atoms in total. The molecule has 0 bridgehead atoms. The first-order chi connectivity index (χ1) is 28.4. The van der Waals surface area contributed by atoms with Crippen LogP contribution in [0.1, 0.15) is 18.1 Å². The van der Waals surface area contributed by atoms with Crippen molar-refractivity contribution < 1.29 is 0 Å². The summed E-state index contributed by atoms with van der Waals surface area (Å²) in [5, 5.41) is 9.85. The van der Waals surface area contributed by atoms with Gasteiger partial charge in [-0.2, -0.15) is 0 Å². The first kappa shape index (κ1) is 37.6. The third kappa shape index (κ3) is 7.13. The Morgan fingerprint density at radius 1 is 0.569 bits per heavy atom. The molecule has 2 heteroatoms. The van der Waals surface area contributed by atoms with Crippen LogP contribution in [0.3, 0.4) is 0 Å². The first-order valence-electron chi connectivity index (χ1n) is 19.7. The SMILES string of the molecule is C=C/C=C(\C=C/C)N(Cc1ccc2cc(-c3ccc4cc(-c5c6ccccc6c(-c6ccc(C)cc6)c6ccccc56)ccc4c3)ccc2c1)/C(C=C)=C(/C=C)N=C. The maximum Gasteiger partial charge on any atom is 0.0853 e. The molecule has 0 aliphatic rings. The molecule has 0 radical (unpaired) electrons. The predicted molar refractivity (Wildman–Crippen MR) is 253 cm³/mol. The number of benzene rings is 8. The minimum Gasteiger partial charge on any atom is -0.335 e. The Bertz CT molecular complexity index is 2940. The van der Waals surface area contributed by atoms with Gasteiger partial charge < -0.3 is 4.90 Å². The van der Waals surface area contributed by atoms with Crippen LogP contribution in [0.25, 0.3) is 76.5 Å². The van der Waals surface area contributed by atoms with Gasteiger partial charge in [0.15, 0.2) is 0 Å². The lowest BCUT2D eigenvalue weighted by Gasteiger charge is -2.28. The Kier molecular flexibility index (Phi) is 10.7. The fourth-order valence-corrected chi connectivity index (χ4v) is 8.25. The van der Waals surface area contributed by atoms with Gasteiger partial charge in [0, 0.05) is 12.2 Å². The lowest BCUT2D eigenvalue weighted by atomic mass is 9.85. The maximum atomic E-state index is 4.23. The molecule has 8 aromatic rings. The summed E-state index contributed by atoms with van der Waals surface area (Å²) in [7, 11) is 0. The highest BCUT2D eigenvalue weighted by atomic mass is 15.2. The van der Waals surface area contributed by atoms with E-state index in [4.69, 9.17) is 0 Å². The Balaban J connectivity index is 1.14. The molecule has 0 spiro atoms. The highest BCUT2D eigenvalue weighted by molar-refractivity contribution is 6.21. The molecule has 0 aliphatic heterocycles. The molecule has 8 rings (SSSR count). The zero-order valence-electron chi connectivity index (χ0n) is 33.3. The Morgan fingerprint density at radius 3 is 1.55 bits per heavy atom. The van der Waals surface area contributed by atoms with Crippen LogP contribution in [0.4, 0.5) is 0 Å². The van der Waals surface area contributed by atoms with Crippen molar-refractivity contribution in [1.82, 2.24) is 4.90 Å². The van der Waals surface area contributed by atoms with Gasteiger partial charge in [-0.25, -0.2) is 0 Å². The average Bonchev–Trinajstić information content (AvgIpc) is 3.26. The maximum absolute atomic E-state index is 4.23. The van der Waals surface area contributed by atoms with Crippen molar-refractivity contribution in [3.05, 3.63) is 230 Å². The molecule has 58 heavy (non-hydrogen) atoms. The standard InChI is InChI=1S/C56H46N2/c1-7-15-48(16-8-2)58(54(10-4)53(9-3)57-6)37-39-23-26-42-34-43(28-27-41(42)33-39)44-29-30-46-36-47(32-31-45(46)35-44)56-51-19-13-11-17-49(51)55(40-24-21-38(5)22-25-40)50-18-12-14-20-52(50)56/h7-36H,1,3-4,6,37H2,2,5H3/b16-8-,48-15+,54-53-. The van der Waals surface area contributed by atoms with Crippen LogP contribution in [-0.2, 0) is 6.54 Å². The molecular formula is C56H46N2. The summed E-state index contributed by atoms with van der Waals surface area (Å²) in [6, 6.07) is 53.8. The molecule has 8 aromatic carbocycles. The smallest absolute Gasteiger partial charge is 0.0853 e. The van der Waals surface area contributed by atoms with Crippen LogP contribution in [0, 0.1) is 6.92 Å². The second-order valence-electron chi connectivity index (χ2n) is 14.6. The van der Waals surface area contributed by atoms with Gasteiger partial charge in [0.25, 0.3) is 0 Å². The van der Waals surface area contributed by atoms with Crippen molar-refractivity contribution in [2.45, 2.75) is 20.4 Å². The van der Waals surface area contributed by atoms with E-state index in [0.717, 1.165) is 17.0 Å². The van der Waals surface area contributed by atoms with Crippen LogP contribution in [0.15, 0.2) is 224 Å². The van der Waals surface area contributed by atoms with E-state index in [2.05, 4.69) is 195 Å². The zero-order chi connectivity index (χ0) is 40.2. The predicted octanol–water partition coefficient (Wildman–Crippen LogP) is 15.3. The van der Waals surface area contributed by atoms with Crippen molar-refractivity contribution >= 4 is 49.8 Å². The molecule has 280 valence electrons. The van der Waals surface area contributed by atoms with Gasteiger partial charge >= 0.3 is 0 Å². The van der Waals surface area contributed by atoms with Gasteiger partial charge in [-0.15, -0.1) is 0 Å². The quantitative estimate of drug-likeness (QED) is 0.0690. The Hall–Kier alpha value is -7.29. The number of rotatable bonds is 12. The van der Waals surface area contributed by atoms with Gasteiger partial charge in [-0.1, -0.05) is 159 Å². The van der Waals surface area contributed by atoms with Gasteiger partial charge in [0.05, 0.1) is 11.4 Å². The average molecular weight is 747 g/mol. The van der Waals surface area contributed by atoms with Crippen molar-refractivity contribution in [2.75, 3.05) is 0 Å². The van der Waals surface area contributed by atoms with Crippen molar-refractivity contribution in [2.24, 2.45) is 4.99 Å². The van der Waals surface area contributed by atoms with E-state index in [1.165, 1.54) is 82.0 Å². The zero-order valence-corrected chi connectivity index (χ0v) is 33.3. The van der Waals surface area contributed by atoms with Crippen LogP contribution >= 0.6 is 0 Å². The fraction of sp³-hybridized carbons (Fsp3) is 0.0536. The minimum absolute atomic E-state index is 0.602. The first-order valence-corrected chi connectivity index (χ1v) is 19.7. The molecule has 0 heterocycles. The normalized spacial score (nSPS) is 12.3. The van der Waals surface area contributed by atoms with Crippen LogP contribution < -0.4 is 0 Å². The second-order valence-corrected chi connectivity index (χ2v) is 14.6. The summed E-state index contributed by atoms with van der Waals surface area (Å²) in [6.45, 7) is 20.5. The van der Waals surface area contributed by atoms with Gasteiger partial charge in [0.2, 0.25) is 0 Å². The molecule has 0 unspecified atom stereocenters. The van der Waals surface area contributed by atoms with Gasteiger partial charge in [0.1, 0.15) is 0 Å². The van der Waals surface area contributed by atoms with Crippen LogP contribution in [0.5, 0.6) is 0 Å². The van der Waals surface area contributed by atoms with E-state index in [0.29, 0.717) is 12.2 Å². The van der Waals surface area contributed by atoms with Gasteiger partial charge in [-0.05, 0) is 151 Å². The number of hydrogen-bond donors (Lipinski definition) is 0. The molecule has 0 atom stereocenters. The van der Waals surface area contributed by atoms with Crippen molar-refractivity contribution in [3.8, 4) is 33.4 Å². The number of aryl methyl sites for hydroxylation is 1. The van der Waals surface area contributed by atoms with Crippen LogP contribution in [0.2, 0.25) is 0 Å². The number of fused-ring (bicyclic) bond motifs is 4. The molecule has 0 saturated carbocycles. The molecular weight excluding hydrogens is 701 g/mol. The van der Waals surface area contributed by atoms with E-state index in [9.17, 15) is 0 Å². The third-order valence-electron chi connectivity index (χ3n) is 11.0. The summed E-state index contributed by atoms with van der Waals surface area (Å²) in [6.07, 6.45) is 11.4. The summed E-state index contributed by atoms with van der Waals surface area (Å²) in [5.41, 5.74) is 12.3. The number of allylic oxidation sites excluding steroid dienone is 6. The molecule has 0 saturated heterocycles. The number of nitrogens with zero attached hydrogens (tertiary/aromatic N) is 2. The van der Waals surface area contributed by atoms with E-state index in [1.54, 1.807) is 18.2 Å². The minimum atomic E-state index is 0.602. The molecule has 0 aromatic heterocycles. The molecule has 0 aliphatic carbocycles. The number of hydrogen-bond acceptors (Lipinski definition) is 2. The van der Waals surface area contributed by atoms with Gasteiger partial charge in [-0.3, -0.25) is 4.99 Å². The summed E-state index contributed by atoms with van der Waals surface area (Å²) in [4.78, 5) is 6.39. The van der Waals surface area contributed by atoms with E-state index in [-0.39, 0.29) is 0 Å². The lowest BCUT2D eigenvalue weighted by molar-refractivity contribution is 0.443. The van der Waals surface area contributed by atoms with Crippen LogP contribution in [-0.4, -0.2) is 11.6 Å². The van der Waals surface area contributed by atoms with Crippen molar-refractivity contribution in [1.29, 1.82) is 0 Å². The topological polar surface area (TPSA) is 15.6 Å². The van der Waals surface area contributed by atoms with Crippen molar-refractivity contribution in [3.63, 3.8) is 0 Å². The van der Waals surface area contributed by atoms with E-state index < -0.39 is 0 Å². The van der Waals surface area contributed by atoms with E-state index >= 15 is 0 Å². The highest BCUT2D eigenvalue weighted by Crippen LogP contribution is 2.44. The summed E-state index contributed by atoms with van der Waals surface area (Å²) in [5.74, 6) is 0.